The van der Waals surface area contributed by atoms with E-state index in [-0.39, 0.29) is 32.2 Å². The molecule has 2 fully saturated rings. The van der Waals surface area contributed by atoms with Crippen molar-refractivity contribution in [1.82, 2.24) is 14.8 Å². The van der Waals surface area contributed by atoms with Crippen molar-refractivity contribution in [2.45, 2.75) is 55.5 Å². The topological polar surface area (TPSA) is 170 Å². The molecule has 37 heavy (non-hydrogen) atoms. The molecule has 0 bridgehead atoms. The van der Waals surface area contributed by atoms with Gasteiger partial charge in [0.05, 0.1) is 24.5 Å². The maximum absolute atomic E-state index is 13.5. The Labute approximate surface area is 215 Å². The summed E-state index contributed by atoms with van der Waals surface area (Å²) in [4.78, 5) is 17.0. The summed E-state index contributed by atoms with van der Waals surface area (Å²) in [5, 5.41) is 38.2. The lowest BCUT2D eigenvalue weighted by Gasteiger charge is -2.37. The molecule has 3 atom stereocenters. The zero-order chi connectivity index (χ0) is 26.8. The fourth-order valence-corrected chi connectivity index (χ4v) is 7.57. The van der Waals surface area contributed by atoms with Crippen molar-refractivity contribution in [2.24, 2.45) is 0 Å². The van der Waals surface area contributed by atoms with Gasteiger partial charge in [0.2, 0.25) is 15.9 Å². The van der Waals surface area contributed by atoms with Crippen molar-refractivity contribution in [3.63, 3.8) is 0 Å². The van der Waals surface area contributed by atoms with E-state index in [2.05, 4.69) is 11.1 Å². The molecule has 2 aromatic rings. The van der Waals surface area contributed by atoms with Crippen LogP contribution in [-0.2, 0) is 14.8 Å². The van der Waals surface area contributed by atoms with Gasteiger partial charge in [0, 0.05) is 37.6 Å². The minimum absolute atomic E-state index is 0.0979. The maximum atomic E-state index is 13.5. The molecule has 1 aromatic carbocycles. The summed E-state index contributed by atoms with van der Waals surface area (Å²) in [7, 11) is -4.26. The lowest BCUT2D eigenvalue weighted by molar-refractivity contribution is -0.132. The van der Waals surface area contributed by atoms with Crippen molar-refractivity contribution in [1.29, 1.82) is 0 Å². The van der Waals surface area contributed by atoms with Gasteiger partial charge in [-0.25, -0.2) is 23.2 Å². The van der Waals surface area contributed by atoms with Gasteiger partial charge in [-0.15, -0.1) is 0 Å². The van der Waals surface area contributed by atoms with Crippen LogP contribution in [0.25, 0.3) is 11.3 Å². The van der Waals surface area contributed by atoms with E-state index in [1.165, 1.54) is 9.79 Å². The molecular formula is C25H33N3O8S. The molecule has 2 aliphatic rings. The molecule has 4 rings (SSSR count). The number of hydroxylamine groups is 1. The third kappa shape index (κ3) is 5.22. The molecule has 5 N–H and O–H groups in total. The average Bonchev–Trinajstić information content (AvgIpc) is 3.22. The Bertz CT molecular complexity index is 1220. The number of sulfonamides is 1. The van der Waals surface area contributed by atoms with Gasteiger partial charge < -0.3 is 20.1 Å². The summed E-state index contributed by atoms with van der Waals surface area (Å²) in [5.41, 5.74) is 5.17. The highest BCUT2D eigenvalue weighted by Gasteiger charge is 2.60. The van der Waals surface area contributed by atoms with Gasteiger partial charge in [-0.2, -0.15) is 0 Å². The largest absolute Gasteiger partial charge is 0.475 e. The highest BCUT2D eigenvalue weighted by molar-refractivity contribution is 7.91. The number of nitrogens with one attached hydrogen (secondary N) is 1. The molecule has 11 nitrogen and oxygen atoms in total. The van der Waals surface area contributed by atoms with E-state index in [0.29, 0.717) is 18.7 Å². The number of carbonyl (C=O) groups excluding carboxylic acids is 1. The van der Waals surface area contributed by atoms with Crippen molar-refractivity contribution in [3.8, 4) is 17.1 Å². The lowest BCUT2D eigenvalue weighted by atomic mass is 9.88. The summed E-state index contributed by atoms with van der Waals surface area (Å²) in [6.45, 7) is 2.39. The number of aliphatic hydroxyl groups is 3. The Morgan fingerprint density at radius 1 is 1.16 bits per heavy atom. The van der Waals surface area contributed by atoms with Crippen molar-refractivity contribution < 1.29 is 38.5 Å². The normalized spacial score (nSPS) is 25.2. The first-order valence-corrected chi connectivity index (χ1v) is 13.7. The van der Waals surface area contributed by atoms with Gasteiger partial charge in [0.1, 0.15) is 6.61 Å². The highest BCUT2D eigenvalue weighted by Crippen LogP contribution is 2.41. The Morgan fingerprint density at radius 3 is 2.43 bits per heavy atom. The average molecular weight is 536 g/mol. The summed E-state index contributed by atoms with van der Waals surface area (Å²) < 4.78 is 31.5. The lowest BCUT2D eigenvalue weighted by Crippen LogP contribution is -2.57. The van der Waals surface area contributed by atoms with Gasteiger partial charge in [0.25, 0.3) is 5.91 Å². The molecule has 12 heteroatoms. The summed E-state index contributed by atoms with van der Waals surface area (Å²) >= 11 is 0. The van der Waals surface area contributed by atoms with Crippen LogP contribution in [0.3, 0.4) is 0 Å². The number of amides is 1. The minimum Gasteiger partial charge on any atom is -0.475 e. The fourth-order valence-electron chi connectivity index (χ4n) is 5.35. The van der Waals surface area contributed by atoms with Crippen LogP contribution in [-0.4, -0.2) is 87.4 Å². The second-order valence-electron chi connectivity index (χ2n) is 9.66. The smallest absolute Gasteiger partial charge is 0.266 e. The molecule has 202 valence electrons. The third-order valence-electron chi connectivity index (χ3n) is 7.39. The van der Waals surface area contributed by atoms with E-state index in [1.54, 1.807) is 6.07 Å². The van der Waals surface area contributed by atoms with Crippen LogP contribution in [0.4, 0.5) is 0 Å². The number of pyridine rings is 1. The third-order valence-corrected chi connectivity index (χ3v) is 9.94. The molecule has 1 aromatic heterocycles. The maximum Gasteiger partial charge on any atom is 0.266 e. The van der Waals surface area contributed by atoms with E-state index in [1.807, 2.05) is 31.2 Å². The second kappa shape index (κ2) is 11.0. The van der Waals surface area contributed by atoms with E-state index < -0.39 is 45.7 Å². The number of aromatic nitrogens is 1. The van der Waals surface area contributed by atoms with Gasteiger partial charge in [-0.1, -0.05) is 24.3 Å². The SMILES string of the molecule is Cc1cc(C2CCN(S(=O)(=O)C3(C(=O)NO)C[C@@H](O)[C@@H](O)C3)CC2)ccc1-c1cccc(OCCO)n1. The van der Waals surface area contributed by atoms with Crippen molar-refractivity contribution >= 4 is 15.9 Å². The van der Waals surface area contributed by atoms with Crippen LogP contribution in [0.1, 0.15) is 42.7 Å². The first kappa shape index (κ1) is 27.4. The van der Waals surface area contributed by atoms with Crippen molar-refractivity contribution in [2.75, 3.05) is 26.3 Å². The quantitative estimate of drug-likeness (QED) is 0.241. The molecular weight excluding hydrogens is 502 g/mol. The van der Waals surface area contributed by atoms with Crippen LogP contribution in [0.2, 0.25) is 0 Å². The monoisotopic (exact) mass is 535 g/mol. The highest BCUT2D eigenvalue weighted by atomic mass is 32.2. The van der Waals surface area contributed by atoms with E-state index in [0.717, 1.165) is 22.4 Å². The Morgan fingerprint density at radius 2 is 1.84 bits per heavy atom. The van der Waals surface area contributed by atoms with Crippen LogP contribution in [0.15, 0.2) is 36.4 Å². The molecule has 0 radical (unpaired) electrons. The van der Waals surface area contributed by atoms with E-state index in [4.69, 9.17) is 9.84 Å². The van der Waals surface area contributed by atoms with Crippen LogP contribution >= 0.6 is 0 Å². The van der Waals surface area contributed by atoms with Gasteiger partial charge in [-0.05, 0) is 42.9 Å². The number of benzene rings is 1. The summed E-state index contributed by atoms with van der Waals surface area (Å²) in [6, 6.07) is 11.5. The number of hydrogen-bond acceptors (Lipinski definition) is 9. The van der Waals surface area contributed by atoms with Gasteiger partial charge >= 0.3 is 0 Å². The molecule has 2 heterocycles. The van der Waals surface area contributed by atoms with Crippen LogP contribution in [0.5, 0.6) is 5.88 Å². The fraction of sp³-hybridized carbons (Fsp3) is 0.520. The number of aryl methyl sites for hydroxylation is 1. The number of nitrogens with zero attached hydrogens (tertiary/aromatic N) is 2. The predicted octanol–water partition coefficient (Wildman–Crippen LogP) is 0.697. The molecule has 1 aliphatic carbocycles. The van der Waals surface area contributed by atoms with Crippen LogP contribution in [0, 0.1) is 6.92 Å². The molecule has 1 amide bonds. The summed E-state index contributed by atoms with van der Waals surface area (Å²) in [5.74, 6) is -0.608. The van der Waals surface area contributed by atoms with Crippen molar-refractivity contribution in [3.05, 3.63) is 47.5 Å². The Hall–Kier alpha value is -2.61. The second-order valence-corrected chi connectivity index (χ2v) is 11.9. The first-order valence-electron chi connectivity index (χ1n) is 12.2. The first-order chi connectivity index (χ1) is 17.6. The minimum atomic E-state index is -4.26. The summed E-state index contributed by atoms with van der Waals surface area (Å²) in [6.07, 6.45) is -2.65. The number of hydrogen-bond donors (Lipinski definition) is 5. The molecule has 1 saturated carbocycles. The zero-order valence-corrected chi connectivity index (χ0v) is 21.4. The van der Waals surface area contributed by atoms with Crippen LogP contribution < -0.4 is 10.2 Å². The van der Waals surface area contributed by atoms with Gasteiger partial charge in [-0.3, -0.25) is 10.0 Å². The Kier molecular flexibility index (Phi) is 8.17. The van der Waals surface area contributed by atoms with Gasteiger partial charge in [0.15, 0.2) is 4.75 Å². The zero-order valence-electron chi connectivity index (χ0n) is 20.6. The number of ether oxygens (including phenoxy) is 1. The molecule has 1 aliphatic heterocycles. The number of aliphatic hydroxyl groups excluding tert-OH is 3. The number of carbonyl (C=O) groups is 1. The molecule has 0 spiro atoms. The molecule has 1 saturated heterocycles. The number of rotatable bonds is 8. The van der Waals surface area contributed by atoms with E-state index >= 15 is 0 Å². The predicted molar refractivity (Wildman–Crippen MR) is 133 cm³/mol. The standard InChI is InChI=1S/C25H33N3O8S/c1-16-13-18(5-6-19(16)20-3-2-4-23(26-20)36-12-11-29)17-7-9-28(10-8-17)37(34,35)25(24(32)27-33)14-21(30)22(31)15-25/h2-6,13,17,21-22,29-31,33H,7-12,14-15H2,1H3,(H,27,32)/t21-,22+,25?. The molecule has 1 unspecified atom stereocenters. The Balaban J connectivity index is 1.48. The number of piperidine rings is 1. The van der Waals surface area contributed by atoms with E-state index in [9.17, 15) is 28.6 Å².